The van der Waals surface area contributed by atoms with E-state index < -0.39 is 5.97 Å². The lowest BCUT2D eigenvalue weighted by molar-refractivity contribution is 0.0699. The molecule has 1 fully saturated rings. The zero-order chi connectivity index (χ0) is 15.5. The van der Waals surface area contributed by atoms with Gasteiger partial charge in [-0.3, -0.25) is 4.90 Å². The predicted molar refractivity (Wildman–Crippen MR) is 89.4 cm³/mol. The predicted octanol–water partition coefficient (Wildman–Crippen LogP) is 4.48. The Morgan fingerprint density at radius 2 is 1.95 bits per heavy atom. The van der Waals surface area contributed by atoms with Gasteiger partial charge in [0.25, 0.3) is 0 Å². The van der Waals surface area contributed by atoms with E-state index in [0.717, 1.165) is 36.7 Å². The van der Waals surface area contributed by atoms with Gasteiger partial charge < -0.3 is 5.11 Å². The zero-order valence-corrected chi connectivity index (χ0v) is 13.1. The number of piperidine rings is 1. The first-order valence-electron chi connectivity index (χ1n) is 8.21. The van der Waals surface area contributed by atoms with E-state index in [2.05, 4.69) is 17.9 Å². The van der Waals surface area contributed by atoms with Crippen LogP contribution in [-0.2, 0) is 0 Å². The van der Waals surface area contributed by atoms with Gasteiger partial charge in [-0.2, -0.15) is 0 Å². The van der Waals surface area contributed by atoms with Gasteiger partial charge in [0.15, 0.2) is 0 Å². The van der Waals surface area contributed by atoms with Gasteiger partial charge in [-0.15, -0.1) is 0 Å². The Hall–Kier alpha value is -1.87. The Morgan fingerprint density at radius 1 is 1.18 bits per heavy atom. The fraction of sp³-hybridized carbons (Fsp3) is 0.421. The third-order valence-corrected chi connectivity index (χ3v) is 4.67. The van der Waals surface area contributed by atoms with Gasteiger partial charge in [0, 0.05) is 6.04 Å². The monoisotopic (exact) mass is 297 g/mol. The topological polar surface area (TPSA) is 40.5 Å². The summed E-state index contributed by atoms with van der Waals surface area (Å²) in [6.45, 7) is 4.48. The Labute approximate surface area is 131 Å². The summed E-state index contributed by atoms with van der Waals surface area (Å²) in [7, 11) is 0. The van der Waals surface area contributed by atoms with E-state index in [4.69, 9.17) is 0 Å². The first-order valence-corrected chi connectivity index (χ1v) is 8.21. The summed E-state index contributed by atoms with van der Waals surface area (Å²) < 4.78 is 0. The molecule has 0 saturated carbocycles. The summed E-state index contributed by atoms with van der Waals surface area (Å²) in [5.74, 6) is -0.850. The SMILES string of the molecule is CCCN1CCCCC1c1ccc(C(=O)O)c2ccccc12. The minimum absolute atomic E-state index is 0.400. The normalized spacial score (nSPS) is 19.4. The molecule has 0 amide bonds. The number of carboxylic acid groups (broad SMARTS) is 1. The van der Waals surface area contributed by atoms with E-state index in [0.29, 0.717) is 11.6 Å². The molecular formula is C19H23NO2. The van der Waals surface area contributed by atoms with Crippen LogP contribution in [0.25, 0.3) is 10.8 Å². The van der Waals surface area contributed by atoms with Crippen molar-refractivity contribution in [3.63, 3.8) is 0 Å². The third-order valence-electron chi connectivity index (χ3n) is 4.67. The molecule has 3 heteroatoms. The Morgan fingerprint density at radius 3 is 2.68 bits per heavy atom. The van der Waals surface area contributed by atoms with E-state index in [-0.39, 0.29) is 0 Å². The molecule has 0 bridgehead atoms. The van der Waals surface area contributed by atoms with Crippen LogP contribution in [0.4, 0.5) is 0 Å². The molecule has 1 saturated heterocycles. The van der Waals surface area contributed by atoms with Crippen molar-refractivity contribution in [2.24, 2.45) is 0 Å². The highest BCUT2D eigenvalue weighted by atomic mass is 16.4. The third kappa shape index (κ3) is 2.73. The van der Waals surface area contributed by atoms with Gasteiger partial charge in [-0.1, -0.05) is 43.7 Å². The van der Waals surface area contributed by atoms with Gasteiger partial charge in [0.1, 0.15) is 0 Å². The van der Waals surface area contributed by atoms with E-state index in [1.807, 2.05) is 24.3 Å². The molecule has 2 aromatic carbocycles. The standard InChI is InChI=1S/C19H23NO2/c1-2-12-20-13-6-5-9-18(20)16-10-11-17(19(21)22)15-8-4-3-7-14(15)16/h3-4,7-8,10-11,18H,2,5-6,9,12-13H2,1H3,(H,21,22). The van der Waals surface area contributed by atoms with Crippen molar-refractivity contribution in [1.29, 1.82) is 0 Å². The van der Waals surface area contributed by atoms with Crippen molar-refractivity contribution in [3.05, 3.63) is 47.5 Å². The van der Waals surface area contributed by atoms with Crippen molar-refractivity contribution >= 4 is 16.7 Å². The molecular weight excluding hydrogens is 274 g/mol. The van der Waals surface area contributed by atoms with Crippen LogP contribution >= 0.6 is 0 Å². The smallest absolute Gasteiger partial charge is 0.336 e. The number of likely N-dealkylation sites (tertiary alicyclic amines) is 1. The molecule has 1 aliphatic rings. The summed E-state index contributed by atoms with van der Waals surface area (Å²) >= 11 is 0. The second-order valence-electron chi connectivity index (χ2n) is 6.10. The molecule has 22 heavy (non-hydrogen) atoms. The number of rotatable bonds is 4. The quantitative estimate of drug-likeness (QED) is 0.905. The molecule has 3 nitrogen and oxygen atoms in total. The number of fused-ring (bicyclic) bond motifs is 1. The summed E-state index contributed by atoms with van der Waals surface area (Å²) in [6, 6.07) is 12.1. The number of aromatic carboxylic acids is 1. The Balaban J connectivity index is 2.10. The van der Waals surface area contributed by atoms with Gasteiger partial charge in [0.05, 0.1) is 5.56 Å². The molecule has 3 rings (SSSR count). The molecule has 1 aliphatic heterocycles. The highest BCUT2D eigenvalue weighted by Gasteiger charge is 2.25. The van der Waals surface area contributed by atoms with Gasteiger partial charge in [-0.25, -0.2) is 4.79 Å². The average Bonchev–Trinajstić information content (AvgIpc) is 2.54. The Kier molecular flexibility index (Phi) is 4.44. The first kappa shape index (κ1) is 15.0. The van der Waals surface area contributed by atoms with Crippen molar-refractivity contribution in [2.75, 3.05) is 13.1 Å². The Bertz CT molecular complexity index is 678. The van der Waals surface area contributed by atoms with Crippen LogP contribution in [0, 0.1) is 0 Å². The highest BCUT2D eigenvalue weighted by Crippen LogP contribution is 2.36. The molecule has 0 radical (unpaired) electrons. The van der Waals surface area contributed by atoms with Crippen LogP contribution in [-0.4, -0.2) is 29.1 Å². The van der Waals surface area contributed by atoms with Crippen LogP contribution < -0.4 is 0 Å². The number of hydrogen-bond acceptors (Lipinski definition) is 2. The summed E-state index contributed by atoms with van der Waals surface area (Å²) in [4.78, 5) is 14.0. The maximum atomic E-state index is 11.5. The van der Waals surface area contributed by atoms with Gasteiger partial charge in [-0.05, 0) is 54.8 Å². The van der Waals surface area contributed by atoms with Crippen LogP contribution in [0.15, 0.2) is 36.4 Å². The lowest BCUT2D eigenvalue weighted by Gasteiger charge is -2.36. The summed E-state index contributed by atoms with van der Waals surface area (Å²) in [6.07, 6.45) is 4.83. The second-order valence-corrected chi connectivity index (χ2v) is 6.10. The molecule has 116 valence electrons. The molecule has 1 atom stereocenters. The molecule has 1 unspecified atom stereocenters. The van der Waals surface area contributed by atoms with Crippen molar-refractivity contribution in [2.45, 2.75) is 38.6 Å². The van der Waals surface area contributed by atoms with Crippen LogP contribution in [0.5, 0.6) is 0 Å². The molecule has 1 heterocycles. The fourth-order valence-electron chi connectivity index (χ4n) is 3.70. The van der Waals surface area contributed by atoms with Crippen molar-refractivity contribution in [3.8, 4) is 0 Å². The van der Waals surface area contributed by atoms with Crippen molar-refractivity contribution in [1.82, 2.24) is 4.90 Å². The largest absolute Gasteiger partial charge is 0.478 e. The highest BCUT2D eigenvalue weighted by molar-refractivity contribution is 6.04. The molecule has 0 aliphatic carbocycles. The van der Waals surface area contributed by atoms with E-state index in [9.17, 15) is 9.90 Å². The maximum Gasteiger partial charge on any atom is 0.336 e. The fourth-order valence-corrected chi connectivity index (χ4v) is 3.70. The lowest BCUT2D eigenvalue weighted by atomic mass is 9.89. The molecule has 0 aromatic heterocycles. The van der Waals surface area contributed by atoms with Crippen LogP contribution in [0.1, 0.15) is 54.6 Å². The lowest BCUT2D eigenvalue weighted by Crippen LogP contribution is -2.34. The van der Waals surface area contributed by atoms with E-state index in [1.54, 1.807) is 6.07 Å². The van der Waals surface area contributed by atoms with E-state index in [1.165, 1.54) is 18.4 Å². The second kappa shape index (κ2) is 6.49. The number of carboxylic acids is 1. The van der Waals surface area contributed by atoms with Crippen molar-refractivity contribution < 1.29 is 9.90 Å². The number of hydrogen-bond donors (Lipinski definition) is 1. The molecule has 2 aromatic rings. The summed E-state index contributed by atoms with van der Waals surface area (Å²) in [5, 5.41) is 11.4. The van der Waals surface area contributed by atoms with Gasteiger partial charge in [0.2, 0.25) is 0 Å². The van der Waals surface area contributed by atoms with Gasteiger partial charge >= 0.3 is 5.97 Å². The minimum Gasteiger partial charge on any atom is -0.478 e. The minimum atomic E-state index is -0.850. The van der Waals surface area contributed by atoms with Crippen LogP contribution in [0.3, 0.4) is 0 Å². The number of benzene rings is 2. The first-order chi connectivity index (χ1) is 10.7. The molecule has 0 spiro atoms. The van der Waals surface area contributed by atoms with E-state index >= 15 is 0 Å². The zero-order valence-electron chi connectivity index (χ0n) is 13.1. The number of carbonyl (C=O) groups is 1. The van der Waals surface area contributed by atoms with Crippen LogP contribution in [0.2, 0.25) is 0 Å². The number of nitrogens with zero attached hydrogens (tertiary/aromatic N) is 1. The molecule has 1 N–H and O–H groups in total. The summed E-state index contributed by atoms with van der Waals surface area (Å²) in [5.41, 5.74) is 1.69. The maximum absolute atomic E-state index is 11.5. The average molecular weight is 297 g/mol.